The summed E-state index contributed by atoms with van der Waals surface area (Å²) in [6, 6.07) is 13.1. The second-order valence-corrected chi connectivity index (χ2v) is 3.69. The highest BCUT2D eigenvalue weighted by molar-refractivity contribution is 5.53. The van der Waals surface area contributed by atoms with Gasteiger partial charge in [0.1, 0.15) is 12.1 Å². The molecule has 0 fully saturated rings. The molecule has 1 aromatic carbocycles. The van der Waals surface area contributed by atoms with Gasteiger partial charge in [-0.2, -0.15) is 10.5 Å². The van der Waals surface area contributed by atoms with Crippen LogP contribution in [0.5, 0.6) is 0 Å². The van der Waals surface area contributed by atoms with Crippen molar-refractivity contribution in [1.82, 2.24) is 9.97 Å². The molecule has 0 saturated heterocycles. The van der Waals surface area contributed by atoms with Crippen LogP contribution in [0.25, 0.3) is 0 Å². The Morgan fingerprint density at radius 1 is 0.947 bits per heavy atom. The molecule has 0 bridgehead atoms. The van der Waals surface area contributed by atoms with Crippen molar-refractivity contribution in [3.63, 3.8) is 0 Å². The number of rotatable bonds is 3. The summed E-state index contributed by atoms with van der Waals surface area (Å²) in [7, 11) is 0. The Labute approximate surface area is 110 Å². The molecule has 0 atom stereocenters. The molecule has 92 valence electrons. The smallest absolute Gasteiger partial charge is 0.179 e. The Kier molecular flexibility index (Phi) is 3.56. The minimum atomic E-state index is 0.00506. The summed E-state index contributed by atoms with van der Waals surface area (Å²) in [6.07, 6.45) is 0. The van der Waals surface area contributed by atoms with Crippen LogP contribution < -0.4 is 10.9 Å². The van der Waals surface area contributed by atoms with Gasteiger partial charge in [0.05, 0.1) is 11.4 Å². The molecule has 2 N–H and O–H groups in total. The Bertz CT molecular complexity index is 666. The van der Waals surface area contributed by atoms with Crippen LogP contribution in [0, 0.1) is 29.6 Å². The first-order chi connectivity index (χ1) is 9.24. The zero-order valence-corrected chi connectivity index (χ0v) is 10.2. The zero-order valence-electron chi connectivity index (χ0n) is 10.2. The van der Waals surface area contributed by atoms with Gasteiger partial charge in [0, 0.05) is 0 Å². The zero-order chi connectivity index (χ0) is 13.7. The SMILES string of the molecule is Cc1nc(C#N)c(C#N)nc1NNc1ccccc1. The molecule has 19 heavy (non-hydrogen) atoms. The Hall–Kier alpha value is -3.12. The number of benzene rings is 1. The standard InChI is InChI=1S/C13H10N6/c1-9-13(17-12(8-15)11(7-14)16-9)19-18-10-5-3-2-4-6-10/h2-6,18H,1H3,(H,17,19). The molecule has 0 spiro atoms. The number of para-hydroxylation sites is 1. The highest BCUT2D eigenvalue weighted by Gasteiger charge is 2.10. The summed E-state index contributed by atoms with van der Waals surface area (Å²) in [5.74, 6) is 0.416. The van der Waals surface area contributed by atoms with Gasteiger partial charge in [-0.05, 0) is 19.1 Å². The maximum absolute atomic E-state index is 8.90. The molecule has 0 aliphatic carbocycles. The number of nitrogens with one attached hydrogen (secondary N) is 2. The Balaban J connectivity index is 2.22. The maximum atomic E-state index is 8.90. The number of hydrogen-bond donors (Lipinski definition) is 2. The second kappa shape index (κ2) is 5.48. The summed E-state index contributed by atoms with van der Waals surface area (Å²) >= 11 is 0. The van der Waals surface area contributed by atoms with E-state index in [9.17, 15) is 0 Å². The van der Waals surface area contributed by atoms with Gasteiger partial charge in [0.25, 0.3) is 0 Å². The maximum Gasteiger partial charge on any atom is 0.179 e. The van der Waals surface area contributed by atoms with Crippen molar-refractivity contribution in [3.05, 3.63) is 47.4 Å². The Morgan fingerprint density at radius 2 is 1.58 bits per heavy atom. The van der Waals surface area contributed by atoms with E-state index in [1.807, 2.05) is 42.5 Å². The molecule has 2 rings (SSSR count). The van der Waals surface area contributed by atoms with Crippen molar-refractivity contribution < 1.29 is 0 Å². The third-order valence-corrected chi connectivity index (χ3v) is 2.38. The van der Waals surface area contributed by atoms with E-state index in [1.54, 1.807) is 6.92 Å². The van der Waals surface area contributed by atoms with Gasteiger partial charge in [-0.3, -0.25) is 10.9 Å². The largest absolute Gasteiger partial charge is 0.300 e. The van der Waals surface area contributed by atoms with E-state index in [-0.39, 0.29) is 11.4 Å². The van der Waals surface area contributed by atoms with Crippen LogP contribution in [0.4, 0.5) is 11.5 Å². The van der Waals surface area contributed by atoms with Gasteiger partial charge in [0.15, 0.2) is 17.2 Å². The first-order valence-electron chi connectivity index (χ1n) is 5.50. The number of aryl methyl sites for hydroxylation is 1. The summed E-state index contributed by atoms with van der Waals surface area (Å²) in [6.45, 7) is 1.71. The van der Waals surface area contributed by atoms with E-state index in [4.69, 9.17) is 10.5 Å². The highest BCUT2D eigenvalue weighted by Crippen LogP contribution is 2.13. The Morgan fingerprint density at radius 3 is 2.21 bits per heavy atom. The predicted molar refractivity (Wildman–Crippen MR) is 69.9 cm³/mol. The van der Waals surface area contributed by atoms with E-state index >= 15 is 0 Å². The number of aromatic nitrogens is 2. The van der Waals surface area contributed by atoms with Crippen molar-refractivity contribution >= 4 is 11.5 Å². The van der Waals surface area contributed by atoms with Crippen molar-refractivity contribution in [2.45, 2.75) is 6.92 Å². The molecule has 0 aliphatic rings. The molecule has 1 heterocycles. The molecule has 6 nitrogen and oxygen atoms in total. The summed E-state index contributed by atoms with van der Waals surface area (Å²) in [5.41, 5.74) is 7.25. The second-order valence-electron chi connectivity index (χ2n) is 3.69. The van der Waals surface area contributed by atoms with Gasteiger partial charge < -0.3 is 0 Å². The lowest BCUT2D eigenvalue weighted by atomic mass is 10.3. The van der Waals surface area contributed by atoms with E-state index < -0.39 is 0 Å². The first kappa shape index (κ1) is 12.3. The minimum absolute atomic E-state index is 0.00506. The van der Waals surface area contributed by atoms with Crippen LogP contribution in [-0.4, -0.2) is 9.97 Å². The number of nitriles is 2. The molecule has 0 aliphatic heterocycles. The molecule has 6 heteroatoms. The molecule has 0 unspecified atom stereocenters. The molecular weight excluding hydrogens is 240 g/mol. The fourth-order valence-corrected chi connectivity index (χ4v) is 1.45. The van der Waals surface area contributed by atoms with Gasteiger partial charge in [0.2, 0.25) is 0 Å². The lowest BCUT2D eigenvalue weighted by molar-refractivity contribution is 1.06. The molecule has 2 aromatic rings. The van der Waals surface area contributed by atoms with E-state index in [0.717, 1.165) is 5.69 Å². The predicted octanol–water partition coefficient (Wildman–Crippen LogP) is 1.97. The lowest BCUT2D eigenvalue weighted by Gasteiger charge is -2.10. The quantitative estimate of drug-likeness (QED) is 0.808. The average molecular weight is 250 g/mol. The van der Waals surface area contributed by atoms with Crippen LogP contribution in [0.15, 0.2) is 30.3 Å². The van der Waals surface area contributed by atoms with Crippen LogP contribution >= 0.6 is 0 Å². The van der Waals surface area contributed by atoms with Crippen LogP contribution in [0.1, 0.15) is 17.1 Å². The van der Waals surface area contributed by atoms with Crippen LogP contribution in [0.3, 0.4) is 0 Å². The van der Waals surface area contributed by atoms with E-state index in [2.05, 4.69) is 20.8 Å². The van der Waals surface area contributed by atoms with E-state index in [0.29, 0.717) is 11.5 Å². The fourth-order valence-electron chi connectivity index (χ4n) is 1.45. The highest BCUT2D eigenvalue weighted by atomic mass is 15.4. The molecule has 0 amide bonds. The summed E-state index contributed by atoms with van der Waals surface area (Å²) in [5, 5.41) is 17.7. The monoisotopic (exact) mass is 250 g/mol. The van der Waals surface area contributed by atoms with Crippen molar-refractivity contribution in [2.24, 2.45) is 0 Å². The third-order valence-electron chi connectivity index (χ3n) is 2.38. The van der Waals surface area contributed by atoms with Crippen molar-refractivity contribution in [3.8, 4) is 12.1 Å². The summed E-state index contributed by atoms with van der Waals surface area (Å²) in [4.78, 5) is 8.08. The molecule has 0 radical (unpaired) electrons. The van der Waals surface area contributed by atoms with Gasteiger partial charge in [-0.1, -0.05) is 18.2 Å². The number of hydrazine groups is 1. The topological polar surface area (TPSA) is 97.4 Å². The van der Waals surface area contributed by atoms with Gasteiger partial charge in [-0.15, -0.1) is 0 Å². The molecular formula is C13H10N6. The number of hydrogen-bond acceptors (Lipinski definition) is 6. The normalized spacial score (nSPS) is 9.21. The number of nitrogens with zero attached hydrogens (tertiary/aromatic N) is 4. The molecule has 0 saturated carbocycles. The van der Waals surface area contributed by atoms with Crippen LogP contribution in [0.2, 0.25) is 0 Å². The van der Waals surface area contributed by atoms with E-state index in [1.165, 1.54) is 0 Å². The summed E-state index contributed by atoms with van der Waals surface area (Å²) < 4.78 is 0. The van der Waals surface area contributed by atoms with Crippen molar-refractivity contribution in [1.29, 1.82) is 10.5 Å². The first-order valence-corrected chi connectivity index (χ1v) is 5.50. The van der Waals surface area contributed by atoms with Crippen LogP contribution in [-0.2, 0) is 0 Å². The lowest BCUT2D eigenvalue weighted by Crippen LogP contribution is -2.13. The van der Waals surface area contributed by atoms with Gasteiger partial charge in [-0.25, -0.2) is 9.97 Å². The third kappa shape index (κ3) is 2.76. The van der Waals surface area contributed by atoms with Gasteiger partial charge >= 0.3 is 0 Å². The fraction of sp³-hybridized carbons (Fsp3) is 0.0769. The minimum Gasteiger partial charge on any atom is -0.300 e. The number of anilines is 2. The molecule has 1 aromatic heterocycles. The van der Waals surface area contributed by atoms with Crippen molar-refractivity contribution in [2.75, 3.05) is 10.9 Å². The average Bonchev–Trinajstić information content (AvgIpc) is 2.46.